The molecule has 0 spiro atoms. The fourth-order valence-electron chi connectivity index (χ4n) is 7.20. The summed E-state index contributed by atoms with van der Waals surface area (Å²) in [5, 5.41) is 0. The molecule has 4 aliphatic rings. The van der Waals surface area contributed by atoms with E-state index < -0.39 is 11.7 Å². The number of hydrogen-bond acceptors (Lipinski definition) is 3. The molecule has 0 unspecified atom stereocenters. The average Bonchev–Trinajstić information content (AvgIpc) is 3.56. The third-order valence-electron chi connectivity index (χ3n) is 9.74. The van der Waals surface area contributed by atoms with Crippen LogP contribution in [0, 0.1) is 11.8 Å². The van der Waals surface area contributed by atoms with Crippen LogP contribution in [0.25, 0.3) is 0 Å². The molecule has 2 aromatic rings. The predicted molar refractivity (Wildman–Crippen MR) is 142 cm³/mol. The van der Waals surface area contributed by atoms with E-state index in [4.69, 9.17) is 0 Å². The van der Waals surface area contributed by atoms with E-state index in [-0.39, 0.29) is 0 Å². The zero-order chi connectivity index (χ0) is 25.5. The van der Waals surface area contributed by atoms with E-state index in [1.54, 1.807) is 6.07 Å². The van der Waals surface area contributed by atoms with Crippen LogP contribution in [0.2, 0.25) is 0 Å². The van der Waals surface area contributed by atoms with Crippen molar-refractivity contribution in [3.63, 3.8) is 0 Å². The number of fused-ring (bicyclic) bond motifs is 1. The standard InChI is InChI=1S/C31H40F3N3/c32-31(33,34)28-6-3-7-29(20-28)36-18-16-35(17-19-36)15-12-24-8-10-25(11-9-24)21-30(13-14-30)37-22-26-4-1-2-5-27(26)23-37/h1-7,20,24-25H,8-19,21-23H2. The molecule has 6 heteroatoms. The fourth-order valence-corrected chi connectivity index (χ4v) is 7.20. The molecule has 3 fully saturated rings. The molecule has 0 atom stereocenters. The number of benzene rings is 2. The van der Waals surface area contributed by atoms with Crippen LogP contribution < -0.4 is 4.90 Å². The van der Waals surface area contributed by atoms with Gasteiger partial charge in [0, 0.05) is 50.5 Å². The molecule has 0 N–H and O–H groups in total. The van der Waals surface area contributed by atoms with Crippen molar-refractivity contribution in [2.45, 2.75) is 76.2 Å². The lowest BCUT2D eigenvalue weighted by Crippen LogP contribution is -2.47. The summed E-state index contributed by atoms with van der Waals surface area (Å²) < 4.78 is 39.2. The van der Waals surface area contributed by atoms with Gasteiger partial charge in [0.1, 0.15) is 0 Å². The summed E-state index contributed by atoms with van der Waals surface area (Å²) in [7, 11) is 0. The summed E-state index contributed by atoms with van der Waals surface area (Å²) in [6.45, 7) is 6.90. The quantitative estimate of drug-likeness (QED) is 0.398. The molecular weight excluding hydrogens is 471 g/mol. The van der Waals surface area contributed by atoms with Gasteiger partial charge in [0.15, 0.2) is 0 Å². The molecule has 2 aliphatic carbocycles. The van der Waals surface area contributed by atoms with E-state index in [2.05, 4.69) is 39.0 Å². The SMILES string of the molecule is FC(F)(F)c1cccc(N2CCN(CCC3CCC(CC4(N5Cc6ccccc6C5)CC4)CC3)CC2)c1. The van der Waals surface area contributed by atoms with Gasteiger partial charge >= 0.3 is 6.18 Å². The first kappa shape index (κ1) is 25.2. The van der Waals surface area contributed by atoms with E-state index in [1.807, 2.05) is 0 Å². The van der Waals surface area contributed by atoms with Crippen LogP contribution in [0.5, 0.6) is 0 Å². The van der Waals surface area contributed by atoms with Crippen molar-refractivity contribution in [3.05, 3.63) is 65.2 Å². The molecule has 0 aromatic heterocycles. The minimum Gasteiger partial charge on any atom is -0.369 e. The largest absolute Gasteiger partial charge is 0.416 e. The topological polar surface area (TPSA) is 9.72 Å². The Morgan fingerprint density at radius 2 is 1.43 bits per heavy atom. The third-order valence-corrected chi connectivity index (χ3v) is 9.74. The number of rotatable bonds is 7. The van der Waals surface area contributed by atoms with Crippen molar-refractivity contribution in [1.82, 2.24) is 9.80 Å². The number of anilines is 1. The first-order valence-electron chi connectivity index (χ1n) is 14.3. The number of alkyl halides is 3. The summed E-state index contributed by atoms with van der Waals surface area (Å²) in [6.07, 6.45) is 6.65. The normalized spacial score (nSPS) is 26.3. The average molecular weight is 512 g/mol. The Balaban J connectivity index is 0.913. The summed E-state index contributed by atoms with van der Waals surface area (Å²) in [5.41, 5.74) is 3.69. The molecule has 3 nitrogen and oxygen atoms in total. The highest BCUT2D eigenvalue weighted by atomic mass is 19.4. The van der Waals surface area contributed by atoms with E-state index in [9.17, 15) is 13.2 Å². The van der Waals surface area contributed by atoms with E-state index in [1.165, 1.54) is 74.6 Å². The monoisotopic (exact) mass is 511 g/mol. The van der Waals surface area contributed by atoms with Gasteiger partial charge < -0.3 is 4.90 Å². The molecule has 37 heavy (non-hydrogen) atoms. The second kappa shape index (κ2) is 10.3. The molecule has 2 aromatic carbocycles. The highest BCUT2D eigenvalue weighted by molar-refractivity contribution is 5.49. The maximum Gasteiger partial charge on any atom is 0.416 e. The second-order valence-electron chi connectivity index (χ2n) is 12.1. The number of piperazine rings is 1. The summed E-state index contributed by atoms with van der Waals surface area (Å²) in [4.78, 5) is 7.40. The highest BCUT2D eigenvalue weighted by Gasteiger charge is 2.50. The molecule has 2 saturated carbocycles. The third kappa shape index (κ3) is 5.70. The van der Waals surface area contributed by atoms with Crippen LogP contribution in [-0.4, -0.2) is 48.1 Å². The molecule has 0 radical (unpaired) electrons. The van der Waals surface area contributed by atoms with E-state index in [0.717, 1.165) is 63.7 Å². The number of halogens is 3. The second-order valence-corrected chi connectivity index (χ2v) is 12.1. The lowest BCUT2D eigenvalue weighted by atomic mass is 9.77. The van der Waals surface area contributed by atoms with E-state index in [0.29, 0.717) is 11.2 Å². The minimum atomic E-state index is -4.28. The van der Waals surface area contributed by atoms with Gasteiger partial charge in [0.05, 0.1) is 5.56 Å². The van der Waals surface area contributed by atoms with Gasteiger partial charge in [0.25, 0.3) is 0 Å². The Hall–Kier alpha value is -2.05. The minimum absolute atomic E-state index is 0.482. The van der Waals surface area contributed by atoms with Crippen LogP contribution in [0.4, 0.5) is 18.9 Å². The Morgan fingerprint density at radius 1 is 0.784 bits per heavy atom. The van der Waals surface area contributed by atoms with Crippen molar-refractivity contribution in [2.75, 3.05) is 37.6 Å². The molecule has 1 saturated heterocycles. The highest BCUT2D eigenvalue weighted by Crippen LogP contribution is 2.52. The Kier molecular flexibility index (Phi) is 7.00. The van der Waals surface area contributed by atoms with Crippen LogP contribution in [-0.2, 0) is 19.3 Å². The molecule has 2 aliphatic heterocycles. The van der Waals surface area contributed by atoms with Crippen molar-refractivity contribution >= 4 is 5.69 Å². The Labute approximate surface area is 219 Å². The lowest BCUT2D eigenvalue weighted by molar-refractivity contribution is -0.137. The number of hydrogen-bond donors (Lipinski definition) is 0. The maximum absolute atomic E-state index is 13.1. The van der Waals surface area contributed by atoms with Gasteiger partial charge in [-0.3, -0.25) is 9.80 Å². The van der Waals surface area contributed by atoms with Crippen LogP contribution in [0.3, 0.4) is 0 Å². The molecule has 0 bridgehead atoms. The maximum atomic E-state index is 13.1. The number of nitrogens with zero attached hydrogens (tertiary/aromatic N) is 3. The van der Waals surface area contributed by atoms with Crippen LogP contribution >= 0.6 is 0 Å². The van der Waals surface area contributed by atoms with Crippen molar-refractivity contribution in [2.24, 2.45) is 11.8 Å². The summed E-state index contributed by atoms with van der Waals surface area (Å²) in [5.74, 6) is 1.72. The summed E-state index contributed by atoms with van der Waals surface area (Å²) >= 11 is 0. The first-order valence-corrected chi connectivity index (χ1v) is 14.3. The zero-order valence-corrected chi connectivity index (χ0v) is 21.9. The van der Waals surface area contributed by atoms with Crippen molar-refractivity contribution in [3.8, 4) is 0 Å². The van der Waals surface area contributed by atoms with Crippen molar-refractivity contribution in [1.29, 1.82) is 0 Å². The van der Waals surface area contributed by atoms with Gasteiger partial charge in [-0.05, 0) is 73.4 Å². The Bertz CT molecular complexity index is 1040. The molecule has 0 amide bonds. The van der Waals surface area contributed by atoms with Crippen LogP contribution in [0.1, 0.15) is 68.1 Å². The fraction of sp³-hybridized carbons (Fsp3) is 0.613. The predicted octanol–water partition coefficient (Wildman–Crippen LogP) is 6.96. The van der Waals surface area contributed by atoms with Gasteiger partial charge in [-0.1, -0.05) is 56.0 Å². The van der Waals surface area contributed by atoms with E-state index >= 15 is 0 Å². The lowest BCUT2D eigenvalue weighted by Gasteiger charge is -2.38. The van der Waals surface area contributed by atoms with Gasteiger partial charge in [0.2, 0.25) is 0 Å². The van der Waals surface area contributed by atoms with Gasteiger partial charge in [-0.25, -0.2) is 0 Å². The molecule has 200 valence electrons. The van der Waals surface area contributed by atoms with Crippen LogP contribution in [0.15, 0.2) is 48.5 Å². The first-order chi connectivity index (χ1) is 17.9. The smallest absolute Gasteiger partial charge is 0.369 e. The molecule has 2 heterocycles. The van der Waals surface area contributed by atoms with Crippen molar-refractivity contribution < 1.29 is 13.2 Å². The van der Waals surface area contributed by atoms with Gasteiger partial charge in [-0.15, -0.1) is 0 Å². The van der Waals surface area contributed by atoms with Gasteiger partial charge in [-0.2, -0.15) is 13.2 Å². The molecular formula is C31H40F3N3. The summed E-state index contributed by atoms with van der Waals surface area (Å²) in [6, 6.07) is 14.8. The zero-order valence-electron chi connectivity index (χ0n) is 21.9. The molecule has 6 rings (SSSR count). The Morgan fingerprint density at radius 3 is 2.05 bits per heavy atom.